The molecule has 1 unspecified atom stereocenters. The van der Waals surface area contributed by atoms with Crippen molar-refractivity contribution in [3.63, 3.8) is 0 Å². The van der Waals surface area contributed by atoms with Crippen molar-refractivity contribution in [1.29, 1.82) is 0 Å². The predicted octanol–water partition coefficient (Wildman–Crippen LogP) is 2.21. The molecule has 1 aromatic carbocycles. The Hall–Kier alpha value is -1.69. The Labute approximate surface area is 136 Å². The monoisotopic (exact) mass is 324 g/mol. The number of carbonyl (C=O) groups is 2. The second-order valence-electron chi connectivity index (χ2n) is 4.72. The van der Waals surface area contributed by atoms with E-state index in [9.17, 15) is 9.59 Å². The topological polar surface area (TPSA) is 67.4 Å². The fraction of sp³-hybridized carbons (Fsp3) is 0.500. The highest BCUT2D eigenvalue weighted by molar-refractivity contribution is 7.98. The highest BCUT2D eigenvalue weighted by atomic mass is 32.2. The lowest BCUT2D eigenvalue weighted by Gasteiger charge is -2.17. The Morgan fingerprint density at radius 3 is 2.64 bits per heavy atom. The molecule has 0 heterocycles. The molecule has 0 saturated heterocycles. The minimum absolute atomic E-state index is 0.311. The van der Waals surface area contributed by atoms with Gasteiger partial charge in [0.05, 0.1) is 6.61 Å². The lowest BCUT2D eigenvalue weighted by molar-refractivity contribution is -0.145. The lowest BCUT2D eigenvalue weighted by atomic mass is 10.1. The van der Waals surface area contributed by atoms with Crippen LogP contribution in [-0.4, -0.2) is 43.2 Å². The number of urea groups is 1. The number of amides is 2. The smallest absolute Gasteiger partial charge is 0.328 e. The minimum Gasteiger partial charge on any atom is -0.464 e. The van der Waals surface area contributed by atoms with E-state index < -0.39 is 6.04 Å². The van der Waals surface area contributed by atoms with E-state index in [0.717, 1.165) is 17.7 Å². The maximum absolute atomic E-state index is 11.9. The van der Waals surface area contributed by atoms with E-state index in [1.165, 1.54) is 0 Å². The maximum atomic E-state index is 11.9. The second kappa shape index (κ2) is 11.0. The number of hydrogen-bond acceptors (Lipinski definition) is 4. The second-order valence-corrected chi connectivity index (χ2v) is 5.71. The van der Waals surface area contributed by atoms with Gasteiger partial charge in [0.2, 0.25) is 0 Å². The molecule has 6 heteroatoms. The van der Waals surface area contributed by atoms with Gasteiger partial charge in [0.15, 0.2) is 0 Å². The number of hydrogen-bond donors (Lipinski definition) is 2. The van der Waals surface area contributed by atoms with Gasteiger partial charge in [-0.1, -0.05) is 30.3 Å². The van der Waals surface area contributed by atoms with E-state index in [1.54, 1.807) is 18.7 Å². The average Bonchev–Trinajstić information content (AvgIpc) is 2.52. The molecule has 1 aromatic rings. The van der Waals surface area contributed by atoms with Gasteiger partial charge in [0, 0.05) is 6.54 Å². The van der Waals surface area contributed by atoms with Gasteiger partial charge in [-0.2, -0.15) is 11.8 Å². The Bertz CT molecular complexity index is 454. The van der Waals surface area contributed by atoms with Crippen LogP contribution in [0.15, 0.2) is 30.3 Å². The van der Waals surface area contributed by atoms with E-state index in [0.29, 0.717) is 19.6 Å². The maximum Gasteiger partial charge on any atom is 0.328 e. The van der Waals surface area contributed by atoms with Crippen LogP contribution in [0.3, 0.4) is 0 Å². The third-order valence-corrected chi connectivity index (χ3v) is 3.67. The molecule has 0 spiro atoms. The van der Waals surface area contributed by atoms with Gasteiger partial charge in [-0.25, -0.2) is 9.59 Å². The molecule has 2 N–H and O–H groups in total. The van der Waals surface area contributed by atoms with Crippen molar-refractivity contribution in [3.05, 3.63) is 35.9 Å². The normalized spacial score (nSPS) is 11.5. The molecule has 0 aliphatic carbocycles. The zero-order valence-electron chi connectivity index (χ0n) is 13.1. The van der Waals surface area contributed by atoms with Gasteiger partial charge in [-0.05, 0) is 37.3 Å². The van der Waals surface area contributed by atoms with E-state index in [2.05, 4.69) is 10.6 Å². The Kier molecular flexibility index (Phi) is 9.14. The standard InChI is InChI=1S/C16H24N2O3S/c1-3-21-15(19)14(10-12-22-2)18-16(20)17-11-9-13-7-5-4-6-8-13/h4-8,14H,3,9-12H2,1-2H3,(H2,17,18,20). The van der Waals surface area contributed by atoms with Crippen LogP contribution in [0, 0.1) is 0 Å². The van der Waals surface area contributed by atoms with Gasteiger partial charge >= 0.3 is 12.0 Å². The molecule has 0 bridgehead atoms. The van der Waals surface area contributed by atoms with Crippen LogP contribution in [0.4, 0.5) is 4.79 Å². The van der Waals surface area contributed by atoms with E-state index in [-0.39, 0.29) is 12.0 Å². The summed E-state index contributed by atoms with van der Waals surface area (Å²) in [5, 5.41) is 5.46. The molecule has 1 rings (SSSR count). The summed E-state index contributed by atoms with van der Waals surface area (Å²) in [6.45, 7) is 2.59. The predicted molar refractivity (Wildman–Crippen MR) is 90.1 cm³/mol. The van der Waals surface area contributed by atoms with Crippen molar-refractivity contribution >= 4 is 23.8 Å². The summed E-state index contributed by atoms with van der Waals surface area (Å²) >= 11 is 1.63. The van der Waals surface area contributed by atoms with E-state index in [1.807, 2.05) is 36.6 Å². The molecular formula is C16H24N2O3S. The number of carbonyl (C=O) groups excluding carboxylic acids is 2. The molecule has 2 amide bonds. The first kappa shape index (κ1) is 18.4. The van der Waals surface area contributed by atoms with Crippen LogP contribution < -0.4 is 10.6 Å². The summed E-state index contributed by atoms with van der Waals surface area (Å²) in [4.78, 5) is 23.7. The van der Waals surface area contributed by atoms with Crippen molar-refractivity contribution in [3.8, 4) is 0 Å². The van der Waals surface area contributed by atoms with Crippen molar-refractivity contribution in [1.82, 2.24) is 10.6 Å². The molecule has 0 aromatic heterocycles. The average molecular weight is 324 g/mol. The summed E-state index contributed by atoms with van der Waals surface area (Å²) in [7, 11) is 0. The van der Waals surface area contributed by atoms with Gasteiger partial charge in [-0.3, -0.25) is 0 Å². The molecule has 1 atom stereocenters. The number of thioether (sulfide) groups is 1. The molecule has 0 radical (unpaired) electrons. The Morgan fingerprint density at radius 2 is 2.00 bits per heavy atom. The fourth-order valence-electron chi connectivity index (χ4n) is 1.90. The lowest BCUT2D eigenvalue weighted by Crippen LogP contribution is -2.47. The fourth-order valence-corrected chi connectivity index (χ4v) is 2.37. The molecule has 5 nitrogen and oxygen atoms in total. The van der Waals surface area contributed by atoms with Gasteiger partial charge in [0.25, 0.3) is 0 Å². The zero-order valence-corrected chi connectivity index (χ0v) is 13.9. The SMILES string of the molecule is CCOC(=O)C(CCSC)NC(=O)NCCc1ccccc1. The molecule has 0 aliphatic heterocycles. The zero-order chi connectivity index (χ0) is 16.2. The molecule has 122 valence electrons. The minimum atomic E-state index is -0.593. The van der Waals surface area contributed by atoms with E-state index in [4.69, 9.17) is 4.74 Å². The molecule has 22 heavy (non-hydrogen) atoms. The van der Waals surface area contributed by atoms with Gasteiger partial charge in [0.1, 0.15) is 6.04 Å². The molecular weight excluding hydrogens is 300 g/mol. The third-order valence-electron chi connectivity index (χ3n) is 3.03. The molecule has 0 saturated carbocycles. The van der Waals surface area contributed by atoms with Crippen LogP contribution in [0.2, 0.25) is 0 Å². The first-order chi connectivity index (χ1) is 10.7. The van der Waals surface area contributed by atoms with Crippen LogP contribution >= 0.6 is 11.8 Å². The summed E-state index contributed by atoms with van der Waals surface area (Å²) in [6.07, 6.45) is 3.28. The largest absolute Gasteiger partial charge is 0.464 e. The van der Waals surface area contributed by atoms with Gasteiger partial charge in [-0.15, -0.1) is 0 Å². The molecule has 0 fully saturated rings. The van der Waals surface area contributed by atoms with E-state index >= 15 is 0 Å². The summed E-state index contributed by atoms with van der Waals surface area (Å²) in [5.74, 6) is 0.406. The number of esters is 1. The number of rotatable bonds is 9. The number of nitrogens with one attached hydrogen (secondary N) is 2. The van der Waals surface area contributed by atoms with Crippen molar-refractivity contribution < 1.29 is 14.3 Å². The van der Waals surface area contributed by atoms with Crippen molar-refractivity contribution in [2.24, 2.45) is 0 Å². The van der Waals surface area contributed by atoms with Crippen LogP contribution in [0.5, 0.6) is 0 Å². The van der Waals surface area contributed by atoms with Gasteiger partial charge < -0.3 is 15.4 Å². The highest BCUT2D eigenvalue weighted by Gasteiger charge is 2.21. The first-order valence-electron chi connectivity index (χ1n) is 7.41. The van der Waals surface area contributed by atoms with Crippen LogP contribution in [0.1, 0.15) is 18.9 Å². The van der Waals surface area contributed by atoms with Crippen LogP contribution in [0.25, 0.3) is 0 Å². The number of ether oxygens (including phenoxy) is 1. The van der Waals surface area contributed by atoms with Crippen LogP contribution in [-0.2, 0) is 16.0 Å². The van der Waals surface area contributed by atoms with Crippen molar-refractivity contribution in [2.45, 2.75) is 25.8 Å². The molecule has 0 aliphatic rings. The number of benzene rings is 1. The Morgan fingerprint density at radius 1 is 1.27 bits per heavy atom. The Balaban J connectivity index is 2.36. The summed E-state index contributed by atoms with van der Waals surface area (Å²) < 4.78 is 4.99. The first-order valence-corrected chi connectivity index (χ1v) is 8.80. The summed E-state index contributed by atoms with van der Waals surface area (Å²) in [5.41, 5.74) is 1.16. The van der Waals surface area contributed by atoms with Crippen molar-refractivity contribution in [2.75, 3.05) is 25.2 Å². The summed E-state index contributed by atoms with van der Waals surface area (Å²) in [6, 6.07) is 8.99. The third kappa shape index (κ3) is 7.36. The quantitative estimate of drug-likeness (QED) is 0.684. The highest BCUT2D eigenvalue weighted by Crippen LogP contribution is 2.03.